The first kappa shape index (κ1) is 14.0. The first-order valence-corrected chi connectivity index (χ1v) is 8.23. The predicted molar refractivity (Wildman–Crippen MR) is 86.9 cm³/mol. The molecule has 2 saturated heterocycles. The van der Waals surface area contributed by atoms with Gasteiger partial charge in [-0.2, -0.15) is 0 Å². The Morgan fingerprint density at radius 1 is 0.727 bits per heavy atom. The summed E-state index contributed by atoms with van der Waals surface area (Å²) in [6.45, 7) is 1.86. The molecule has 2 atom stereocenters. The molecule has 2 nitrogen and oxygen atoms in total. The Balaban J connectivity index is 1.67. The van der Waals surface area contributed by atoms with E-state index >= 15 is 0 Å². The molecule has 2 fully saturated rings. The van der Waals surface area contributed by atoms with Crippen molar-refractivity contribution < 1.29 is 9.47 Å². The van der Waals surface area contributed by atoms with E-state index in [1.54, 1.807) is 0 Å². The van der Waals surface area contributed by atoms with Crippen LogP contribution in [0.25, 0.3) is 0 Å². The minimum absolute atomic E-state index is 0.427. The fourth-order valence-electron chi connectivity index (χ4n) is 3.51. The average Bonchev–Trinajstić information content (AvgIpc) is 3.46. The van der Waals surface area contributed by atoms with Crippen molar-refractivity contribution in [2.24, 2.45) is 5.92 Å². The van der Waals surface area contributed by atoms with E-state index in [2.05, 4.69) is 60.7 Å². The molecule has 0 saturated carbocycles. The molecule has 22 heavy (non-hydrogen) atoms. The molecule has 0 radical (unpaired) electrons. The maximum atomic E-state index is 5.52. The maximum absolute atomic E-state index is 5.52. The highest BCUT2D eigenvalue weighted by Gasteiger charge is 2.36. The molecule has 2 unspecified atom stereocenters. The number of hydrogen-bond donors (Lipinski definition) is 0. The maximum Gasteiger partial charge on any atom is 0.0813 e. The number of ether oxygens (including phenoxy) is 2. The van der Waals surface area contributed by atoms with E-state index in [0.717, 1.165) is 26.1 Å². The third-order valence-electron chi connectivity index (χ3n) is 4.72. The van der Waals surface area contributed by atoms with Gasteiger partial charge in [-0.05, 0) is 29.9 Å². The molecule has 0 aromatic heterocycles. The van der Waals surface area contributed by atoms with E-state index in [4.69, 9.17) is 9.47 Å². The minimum Gasteiger partial charge on any atom is -0.373 e. The summed E-state index contributed by atoms with van der Waals surface area (Å²) in [4.78, 5) is 0. The number of rotatable bonds is 7. The molecule has 2 aliphatic rings. The standard InChI is InChI=1S/C20H22O2/c1-3-7-15(8-4-1)20(16-9-5-2-6-10-16)17(11-18-13-21-18)12-19-14-22-19/h1-10,17-20H,11-14H2. The number of benzene rings is 2. The Labute approximate surface area is 132 Å². The molecular formula is C20H22O2. The van der Waals surface area contributed by atoms with Crippen LogP contribution in [-0.4, -0.2) is 25.4 Å². The summed E-state index contributed by atoms with van der Waals surface area (Å²) >= 11 is 0. The van der Waals surface area contributed by atoms with Gasteiger partial charge in [0.05, 0.1) is 25.4 Å². The summed E-state index contributed by atoms with van der Waals surface area (Å²) in [6.07, 6.45) is 3.18. The van der Waals surface area contributed by atoms with Crippen LogP contribution in [0, 0.1) is 5.92 Å². The van der Waals surface area contributed by atoms with Gasteiger partial charge in [0.15, 0.2) is 0 Å². The SMILES string of the molecule is c1ccc(C(c2ccccc2)C(CC2CO2)CC2CO2)cc1. The summed E-state index contributed by atoms with van der Waals surface area (Å²) in [7, 11) is 0. The summed E-state index contributed by atoms with van der Waals surface area (Å²) in [6, 6.07) is 21.8. The quantitative estimate of drug-likeness (QED) is 0.721. The third-order valence-corrected chi connectivity index (χ3v) is 4.72. The second-order valence-corrected chi connectivity index (χ2v) is 6.44. The molecule has 4 rings (SSSR count). The van der Waals surface area contributed by atoms with Crippen molar-refractivity contribution >= 4 is 0 Å². The van der Waals surface area contributed by atoms with Gasteiger partial charge >= 0.3 is 0 Å². The molecular weight excluding hydrogens is 272 g/mol. The average molecular weight is 294 g/mol. The zero-order valence-electron chi connectivity index (χ0n) is 12.7. The molecule has 2 aromatic carbocycles. The second-order valence-electron chi connectivity index (χ2n) is 6.44. The second kappa shape index (κ2) is 6.23. The van der Waals surface area contributed by atoms with Crippen LogP contribution in [0.2, 0.25) is 0 Å². The van der Waals surface area contributed by atoms with Gasteiger partial charge in [0.2, 0.25) is 0 Å². The lowest BCUT2D eigenvalue weighted by molar-refractivity contribution is 0.290. The molecule has 0 aliphatic carbocycles. The first-order chi connectivity index (χ1) is 10.9. The molecule has 0 amide bonds. The Morgan fingerprint density at radius 3 is 1.50 bits per heavy atom. The van der Waals surface area contributed by atoms with E-state index in [9.17, 15) is 0 Å². The predicted octanol–water partition coefficient (Wildman–Crippen LogP) is 4.01. The van der Waals surface area contributed by atoms with Crippen molar-refractivity contribution in [3.05, 3.63) is 71.8 Å². The molecule has 0 N–H and O–H groups in total. The first-order valence-electron chi connectivity index (χ1n) is 8.23. The van der Waals surface area contributed by atoms with Crippen molar-refractivity contribution in [2.75, 3.05) is 13.2 Å². The lowest BCUT2D eigenvalue weighted by atomic mass is 9.76. The van der Waals surface area contributed by atoms with E-state index < -0.39 is 0 Å². The molecule has 2 aliphatic heterocycles. The monoisotopic (exact) mass is 294 g/mol. The van der Waals surface area contributed by atoms with Crippen LogP contribution in [0.5, 0.6) is 0 Å². The van der Waals surface area contributed by atoms with E-state index in [1.165, 1.54) is 11.1 Å². The smallest absolute Gasteiger partial charge is 0.0813 e. The Hall–Kier alpha value is -1.64. The van der Waals surface area contributed by atoms with Crippen LogP contribution in [-0.2, 0) is 9.47 Å². The number of hydrogen-bond acceptors (Lipinski definition) is 2. The lowest BCUT2D eigenvalue weighted by Gasteiger charge is -2.27. The highest BCUT2D eigenvalue weighted by atomic mass is 16.6. The Kier molecular flexibility index (Phi) is 3.96. The van der Waals surface area contributed by atoms with Gasteiger partial charge in [-0.25, -0.2) is 0 Å². The highest BCUT2D eigenvalue weighted by molar-refractivity contribution is 5.33. The molecule has 114 valence electrons. The van der Waals surface area contributed by atoms with Gasteiger partial charge in [0, 0.05) is 5.92 Å². The van der Waals surface area contributed by atoms with Crippen molar-refractivity contribution in [1.82, 2.24) is 0 Å². The van der Waals surface area contributed by atoms with Crippen LogP contribution < -0.4 is 0 Å². The summed E-state index contributed by atoms with van der Waals surface area (Å²) < 4.78 is 11.0. The van der Waals surface area contributed by atoms with Crippen LogP contribution in [0.4, 0.5) is 0 Å². The van der Waals surface area contributed by atoms with Crippen LogP contribution in [0.3, 0.4) is 0 Å². The van der Waals surface area contributed by atoms with E-state index in [1.807, 2.05) is 0 Å². The summed E-state index contributed by atoms with van der Waals surface area (Å²) in [5.41, 5.74) is 2.81. The van der Waals surface area contributed by atoms with E-state index in [0.29, 0.717) is 24.0 Å². The van der Waals surface area contributed by atoms with Gasteiger partial charge in [-0.3, -0.25) is 0 Å². The largest absolute Gasteiger partial charge is 0.373 e. The zero-order valence-corrected chi connectivity index (χ0v) is 12.7. The molecule has 0 spiro atoms. The van der Waals surface area contributed by atoms with Crippen LogP contribution in [0.15, 0.2) is 60.7 Å². The van der Waals surface area contributed by atoms with Crippen LogP contribution in [0.1, 0.15) is 29.9 Å². The fourth-order valence-corrected chi connectivity index (χ4v) is 3.51. The van der Waals surface area contributed by atoms with Crippen molar-refractivity contribution in [2.45, 2.75) is 31.0 Å². The number of epoxide rings is 2. The van der Waals surface area contributed by atoms with Gasteiger partial charge in [-0.1, -0.05) is 60.7 Å². The van der Waals surface area contributed by atoms with Gasteiger partial charge in [-0.15, -0.1) is 0 Å². The Morgan fingerprint density at radius 2 is 1.14 bits per heavy atom. The topological polar surface area (TPSA) is 25.1 Å². The molecule has 2 aromatic rings. The van der Waals surface area contributed by atoms with Gasteiger partial charge < -0.3 is 9.47 Å². The van der Waals surface area contributed by atoms with Crippen molar-refractivity contribution in [3.8, 4) is 0 Å². The van der Waals surface area contributed by atoms with Crippen LogP contribution >= 0.6 is 0 Å². The Bertz CT molecular complexity index is 534. The fraction of sp³-hybridized carbons (Fsp3) is 0.400. The van der Waals surface area contributed by atoms with Gasteiger partial charge in [0.1, 0.15) is 0 Å². The third kappa shape index (κ3) is 3.40. The van der Waals surface area contributed by atoms with Crippen molar-refractivity contribution in [3.63, 3.8) is 0 Å². The van der Waals surface area contributed by atoms with Gasteiger partial charge in [0.25, 0.3) is 0 Å². The minimum atomic E-state index is 0.427. The zero-order chi connectivity index (χ0) is 14.8. The van der Waals surface area contributed by atoms with E-state index in [-0.39, 0.29) is 0 Å². The molecule has 2 heteroatoms. The molecule has 2 heterocycles. The highest BCUT2D eigenvalue weighted by Crippen LogP contribution is 2.41. The summed E-state index contributed by atoms with van der Waals surface area (Å²) in [5.74, 6) is 1.00. The summed E-state index contributed by atoms with van der Waals surface area (Å²) in [5, 5.41) is 0. The van der Waals surface area contributed by atoms with Crippen molar-refractivity contribution in [1.29, 1.82) is 0 Å². The molecule has 0 bridgehead atoms. The lowest BCUT2D eigenvalue weighted by Crippen LogP contribution is -2.19. The normalized spacial score (nSPS) is 24.2.